The first-order chi connectivity index (χ1) is 14.6. The Hall–Kier alpha value is -1.37. The van der Waals surface area contributed by atoms with Gasteiger partial charge in [-0.25, -0.2) is 0 Å². The number of carbonyl (C=O) groups excluding carboxylic acids is 1. The van der Waals surface area contributed by atoms with Crippen LogP contribution in [0.25, 0.3) is 0 Å². The van der Waals surface area contributed by atoms with Crippen LogP contribution in [-0.2, 0) is 25.3 Å². The van der Waals surface area contributed by atoms with Crippen LogP contribution in [0.4, 0.5) is 0 Å². The molecule has 0 unspecified atom stereocenters. The van der Waals surface area contributed by atoms with Gasteiger partial charge in [0.1, 0.15) is 12.1 Å². The lowest BCUT2D eigenvalue weighted by Crippen LogP contribution is -2.41. The Morgan fingerprint density at radius 2 is 1.81 bits per heavy atom. The number of benzene rings is 1. The van der Waals surface area contributed by atoms with Crippen LogP contribution >= 0.6 is 0 Å². The first-order valence-corrected chi connectivity index (χ1v) is 12.0. The van der Waals surface area contributed by atoms with E-state index in [2.05, 4.69) is 71.1 Å². The molecule has 1 saturated heterocycles. The highest BCUT2D eigenvalue weighted by Gasteiger charge is 2.51. The minimum absolute atomic E-state index is 0.0911. The number of hydrogen-bond acceptors (Lipinski definition) is 5. The van der Waals surface area contributed by atoms with E-state index in [1.54, 1.807) is 0 Å². The molecule has 3 rings (SSSR count). The van der Waals surface area contributed by atoms with Crippen LogP contribution in [0.5, 0.6) is 0 Å². The van der Waals surface area contributed by atoms with Crippen LogP contribution in [0.3, 0.4) is 0 Å². The summed E-state index contributed by atoms with van der Waals surface area (Å²) < 4.78 is 18.1. The molecular formula is C25H40BNO4. The first kappa shape index (κ1) is 24.3. The molecule has 1 atom stereocenters. The largest absolute Gasteiger partial charge is 0.494 e. The smallest absolute Gasteiger partial charge is 0.461 e. The van der Waals surface area contributed by atoms with Gasteiger partial charge in [-0.3, -0.25) is 4.79 Å². The molecule has 5 nitrogen and oxygen atoms in total. The van der Waals surface area contributed by atoms with Crippen molar-refractivity contribution >= 4 is 18.6 Å². The molecule has 0 radical (unpaired) electrons. The van der Waals surface area contributed by atoms with Crippen molar-refractivity contribution < 1.29 is 18.8 Å². The molecule has 172 valence electrons. The van der Waals surface area contributed by atoms with Crippen LogP contribution in [0, 0.1) is 5.92 Å². The summed E-state index contributed by atoms with van der Waals surface area (Å²) in [6.45, 7) is 13.3. The third-order valence-electron chi connectivity index (χ3n) is 6.86. The minimum atomic E-state index is -0.354. The van der Waals surface area contributed by atoms with E-state index < -0.39 is 0 Å². The molecule has 6 heteroatoms. The molecule has 0 bridgehead atoms. The van der Waals surface area contributed by atoms with E-state index in [9.17, 15) is 4.79 Å². The van der Waals surface area contributed by atoms with Gasteiger partial charge in [-0.05, 0) is 89.7 Å². The average Bonchev–Trinajstić information content (AvgIpc) is 3.26. The fourth-order valence-electron chi connectivity index (χ4n) is 4.25. The summed E-state index contributed by atoms with van der Waals surface area (Å²) in [5.41, 5.74) is 1.54. The maximum atomic E-state index is 12.7. The number of rotatable bonds is 9. The number of ether oxygens (including phenoxy) is 1. The average molecular weight is 429 g/mol. The van der Waals surface area contributed by atoms with Crippen molar-refractivity contribution in [1.29, 1.82) is 0 Å². The van der Waals surface area contributed by atoms with E-state index in [-0.39, 0.29) is 36.4 Å². The van der Waals surface area contributed by atoms with Crippen molar-refractivity contribution in [2.45, 2.75) is 103 Å². The highest BCUT2D eigenvalue weighted by molar-refractivity contribution is 6.62. The third-order valence-corrected chi connectivity index (χ3v) is 6.86. The van der Waals surface area contributed by atoms with E-state index >= 15 is 0 Å². The summed E-state index contributed by atoms with van der Waals surface area (Å²) in [6, 6.07) is 8.13. The minimum Gasteiger partial charge on any atom is -0.461 e. The zero-order chi connectivity index (χ0) is 22.6. The van der Waals surface area contributed by atoms with Crippen LogP contribution in [0.15, 0.2) is 24.3 Å². The molecule has 1 aromatic rings. The van der Waals surface area contributed by atoms with Gasteiger partial charge in [-0.15, -0.1) is 0 Å². The predicted molar refractivity (Wildman–Crippen MR) is 125 cm³/mol. The predicted octanol–water partition coefficient (Wildman–Crippen LogP) is 4.02. The van der Waals surface area contributed by atoms with E-state index in [1.807, 2.05) is 0 Å². The molecule has 1 heterocycles. The van der Waals surface area contributed by atoms with Crippen molar-refractivity contribution in [3.63, 3.8) is 0 Å². The van der Waals surface area contributed by atoms with E-state index in [4.69, 9.17) is 14.0 Å². The standard InChI is InChI=1S/C25H40BNO4/c1-18(2)16-22(23(28)29-21-12-7-8-13-21)27-15-14-19-10-9-11-20(17-19)26-30-24(3,4)25(5,6)31-26/h9-11,17-18,21-22,27H,7-8,12-16H2,1-6H3/t22-/m1/s1. The molecule has 1 saturated carbocycles. The van der Waals surface area contributed by atoms with Crippen LogP contribution in [0.1, 0.15) is 79.2 Å². The van der Waals surface area contributed by atoms with Crippen molar-refractivity contribution in [2.75, 3.05) is 6.54 Å². The molecule has 1 aromatic carbocycles. The van der Waals surface area contributed by atoms with Crippen LogP contribution in [0.2, 0.25) is 0 Å². The molecule has 1 N–H and O–H groups in total. The lowest BCUT2D eigenvalue weighted by atomic mass is 9.78. The van der Waals surface area contributed by atoms with Gasteiger partial charge in [0, 0.05) is 0 Å². The van der Waals surface area contributed by atoms with Crippen LogP contribution < -0.4 is 10.8 Å². The van der Waals surface area contributed by atoms with E-state index in [0.29, 0.717) is 5.92 Å². The third kappa shape index (κ3) is 6.33. The first-order valence-electron chi connectivity index (χ1n) is 12.0. The molecule has 31 heavy (non-hydrogen) atoms. The lowest BCUT2D eigenvalue weighted by Gasteiger charge is -2.32. The Labute approximate surface area is 188 Å². The lowest BCUT2D eigenvalue weighted by molar-refractivity contribution is -0.151. The summed E-state index contributed by atoms with van der Waals surface area (Å²) in [6.07, 6.45) is 6.08. The SMILES string of the molecule is CC(C)C[C@@H](NCCc1cccc(B2OC(C)(C)C(C)(C)O2)c1)C(=O)OC1CCCC1. The second kappa shape index (κ2) is 10.1. The van der Waals surface area contributed by atoms with Crippen molar-refractivity contribution in [3.05, 3.63) is 29.8 Å². The Morgan fingerprint density at radius 1 is 1.16 bits per heavy atom. The fraction of sp³-hybridized carbons (Fsp3) is 0.720. The Balaban J connectivity index is 1.56. The molecule has 1 aliphatic heterocycles. The number of hydrogen-bond donors (Lipinski definition) is 1. The Kier molecular flexibility index (Phi) is 7.88. The molecule has 2 fully saturated rings. The topological polar surface area (TPSA) is 56.8 Å². The van der Waals surface area contributed by atoms with Crippen molar-refractivity contribution in [3.8, 4) is 0 Å². The molecule has 0 amide bonds. The number of esters is 1. The summed E-state index contributed by atoms with van der Waals surface area (Å²) in [5, 5.41) is 3.45. The van der Waals surface area contributed by atoms with E-state index in [0.717, 1.165) is 37.7 Å². The summed E-state index contributed by atoms with van der Waals surface area (Å²) in [7, 11) is -0.354. The normalized spacial score (nSPS) is 21.6. The highest BCUT2D eigenvalue weighted by Crippen LogP contribution is 2.36. The van der Waals surface area contributed by atoms with Gasteiger partial charge >= 0.3 is 13.1 Å². The summed E-state index contributed by atoms with van der Waals surface area (Å²) in [4.78, 5) is 12.7. The summed E-state index contributed by atoms with van der Waals surface area (Å²) >= 11 is 0. The Morgan fingerprint density at radius 3 is 2.42 bits per heavy atom. The van der Waals surface area contributed by atoms with Gasteiger partial charge in [0.15, 0.2) is 0 Å². The quantitative estimate of drug-likeness (QED) is 0.475. The molecule has 0 aromatic heterocycles. The van der Waals surface area contributed by atoms with Gasteiger partial charge in [-0.1, -0.05) is 38.1 Å². The zero-order valence-corrected chi connectivity index (χ0v) is 20.2. The second-order valence-electron chi connectivity index (χ2n) is 10.6. The zero-order valence-electron chi connectivity index (χ0n) is 20.2. The van der Waals surface area contributed by atoms with Gasteiger partial charge < -0.3 is 19.4 Å². The van der Waals surface area contributed by atoms with Gasteiger partial charge in [-0.2, -0.15) is 0 Å². The van der Waals surface area contributed by atoms with Crippen molar-refractivity contribution in [2.24, 2.45) is 5.92 Å². The van der Waals surface area contributed by atoms with Crippen LogP contribution in [-0.4, -0.2) is 43.0 Å². The highest BCUT2D eigenvalue weighted by atomic mass is 16.7. The molecule has 0 spiro atoms. The summed E-state index contributed by atoms with van der Waals surface area (Å²) in [5.74, 6) is 0.340. The maximum Gasteiger partial charge on any atom is 0.494 e. The van der Waals surface area contributed by atoms with Gasteiger partial charge in [0.25, 0.3) is 0 Å². The molecular weight excluding hydrogens is 389 g/mol. The maximum absolute atomic E-state index is 12.7. The number of carbonyl (C=O) groups is 1. The monoisotopic (exact) mass is 429 g/mol. The second-order valence-corrected chi connectivity index (χ2v) is 10.6. The van der Waals surface area contributed by atoms with Gasteiger partial charge in [0.2, 0.25) is 0 Å². The van der Waals surface area contributed by atoms with Crippen molar-refractivity contribution in [1.82, 2.24) is 5.32 Å². The molecule has 2 aliphatic rings. The number of nitrogens with one attached hydrogen (secondary N) is 1. The van der Waals surface area contributed by atoms with E-state index in [1.165, 1.54) is 18.4 Å². The fourth-order valence-corrected chi connectivity index (χ4v) is 4.25. The van der Waals surface area contributed by atoms with Gasteiger partial charge in [0.05, 0.1) is 11.2 Å². The molecule has 1 aliphatic carbocycles. The Bertz CT molecular complexity index is 727.